The summed E-state index contributed by atoms with van der Waals surface area (Å²) < 4.78 is 0. The monoisotopic (exact) mass is 341 g/mol. The van der Waals surface area contributed by atoms with E-state index in [1.165, 1.54) is 5.39 Å². The van der Waals surface area contributed by atoms with Crippen LogP contribution in [0.3, 0.4) is 0 Å². The van der Waals surface area contributed by atoms with Crippen molar-refractivity contribution in [1.29, 1.82) is 0 Å². The molecule has 2 saturated heterocycles. The van der Waals surface area contributed by atoms with Crippen molar-refractivity contribution in [3.8, 4) is 0 Å². The van der Waals surface area contributed by atoms with Gasteiger partial charge in [-0.1, -0.05) is 18.2 Å². The molecule has 1 amide bonds. The second-order valence-electron chi connectivity index (χ2n) is 6.56. The molecule has 0 bridgehead atoms. The average molecular weight is 341 g/mol. The third-order valence-corrected chi connectivity index (χ3v) is 6.02. The van der Waals surface area contributed by atoms with Gasteiger partial charge in [0.15, 0.2) is 0 Å². The molecular weight excluding hydrogens is 318 g/mol. The molecule has 2 aliphatic rings. The molecule has 0 N–H and O–H groups in total. The molecule has 1 aromatic carbocycles. The minimum absolute atomic E-state index is 0.199. The molecule has 5 heteroatoms. The van der Waals surface area contributed by atoms with Crippen molar-refractivity contribution in [2.24, 2.45) is 5.92 Å². The van der Waals surface area contributed by atoms with E-state index in [0.717, 1.165) is 61.9 Å². The number of aromatic nitrogens is 1. The molecule has 0 saturated carbocycles. The van der Waals surface area contributed by atoms with Crippen LogP contribution in [0.2, 0.25) is 0 Å². The van der Waals surface area contributed by atoms with Crippen LogP contribution in [0, 0.1) is 5.92 Å². The van der Waals surface area contributed by atoms with Gasteiger partial charge in [-0.3, -0.25) is 4.79 Å². The lowest BCUT2D eigenvalue weighted by Gasteiger charge is -2.36. The van der Waals surface area contributed by atoms with Gasteiger partial charge in [0.25, 0.3) is 0 Å². The number of piperidine rings is 1. The molecule has 0 spiro atoms. The summed E-state index contributed by atoms with van der Waals surface area (Å²) in [5, 5.41) is 1.18. The molecule has 4 rings (SSSR count). The van der Waals surface area contributed by atoms with Crippen LogP contribution < -0.4 is 4.90 Å². The second kappa shape index (κ2) is 7.01. The molecular formula is C19H23N3OS. The van der Waals surface area contributed by atoms with Gasteiger partial charge in [0.1, 0.15) is 5.82 Å². The van der Waals surface area contributed by atoms with E-state index < -0.39 is 0 Å². The number of amides is 1. The zero-order valence-electron chi connectivity index (χ0n) is 13.9. The van der Waals surface area contributed by atoms with Crippen molar-refractivity contribution in [2.75, 3.05) is 42.6 Å². The zero-order chi connectivity index (χ0) is 16.4. The van der Waals surface area contributed by atoms with E-state index in [2.05, 4.69) is 34.1 Å². The quantitative estimate of drug-likeness (QED) is 0.841. The Balaban J connectivity index is 1.40. The fourth-order valence-corrected chi connectivity index (χ4v) is 4.53. The van der Waals surface area contributed by atoms with Crippen LogP contribution in [0.4, 0.5) is 5.82 Å². The van der Waals surface area contributed by atoms with Crippen LogP contribution in [0.1, 0.15) is 12.8 Å². The van der Waals surface area contributed by atoms with Gasteiger partial charge in [0.2, 0.25) is 5.91 Å². The van der Waals surface area contributed by atoms with E-state index in [-0.39, 0.29) is 5.92 Å². The summed E-state index contributed by atoms with van der Waals surface area (Å²) in [4.78, 5) is 21.8. The Morgan fingerprint density at radius 2 is 1.75 bits per heavy atom. The molecule has 2 aromatic rings. The van der Waals surface area contributed by atoms with Crippen LogP contribution in [0.15, 0.2) is 36.4 Å². The highest BCUT2D eigenvalue weighted by atomic mass is 32.2. The van der Waals surface area contributed by atoms with Crippen LogP contribution in [-0.4, -0.2) is 53.5 Å². The molecule has 3 heterocycles. The molecule has 0 atom stereocenters. The van der Waals surface area contributed by atoms with Crippen molar-refractivity contribution < 1.29 is 4.79 Å². The minimum atomic E-state index is 0.199. The largest absolute Gasteiger partial charge is 0.357 e. The molecule has 4 nitrogen and oxygen atoms in total. The first kappa shape index (κ1) is 15.8. The summed E-state index contributed by atoms with van der Waals surface area (Å²) in [6, 6.07) is 12.5. The number of pyridine rings is 1. The van der Waals surface area contributed by atoms with Gasteiger partial charge < -0.3 is 9.80 Å². The lowest BCUT2D eigenvalue weighted by molar-refractivity contribution is -0.135. The molecule has 2 fully saturated rings. The Bertz CT molecular complexity index is 721. The maximum Gasteiger partial charge on any atom is 0.225 e. The van der Waals surface area contributed by atoms with Gasteiger partial charge in [-0.15, -0.1) is 0 Å². The number of carbonyl (C=O) groups excluding carboxylic acids is 1. The van der Waals surface area contributed by atoms with Crippen LogP contribution in [-0.2, 0) is 4.79 Å². The number of hydrogen-bond acceptors (Lipinski definition) is 4. The van der Waals surface area contributed by atoms with Gasteiger partial charge in [0, 0.05) is 49.0 Å². The molecule has 126 valence electrons. The van der Waals surface area contributed by atoms with E-state index >= 15 is 0 Å². The first-order valence-electron chi connectivity index (χ1n) is 8.78. The fraction of sp³-hybridized carbons (Fsp3) is 0.474. The number of nitrogens with zero attached hydrogens (tertiary/aromatic N) is 3. The third-order valence-electron chi connectivity index (χ3n) is 5.07. The standard InChI is InChI=1S/C19H23N3OS/c23-19(22-11-13-24-14-12-22)16-7-9-21(10-8-16)18-6-5-15-3-1-2-4-17(15)20-18/h1-6,16H,7-14H2. The highest BCUT2D eigenvalue weighted by Crippen LogP contribution is 2.26. The van der Waals surface area contributed by atoms with Gasteiger partial charge >= 0.3 is 0 Å². The van der Waals surface area contributed by atoms with Crippen LogP contribution in [0.5, 0.6) is 0 Å². The second-order valence-corrected chi connectivity index (χ2v) is 7.79. The maximum absolute atomic E-state index is 12.7. The van der Waals surface area contributed by atoms with Crippen molar-refractivity contribution in [2.45, 2.75) is 12.8 Å². The summed E-state index contributed by atoms with van der Waals surface area (Å²) in [5.74, 6) is 3.79. The molecule has 0 unspecified atom stereocenters. The highest BCUT2D eigenvalue weighted by Gasteiger charge is 2.29. The zero-order valence-corrected chi connectivity index (χ0v) is 14.7. The van der Waals surface area contributed by atoms with E-state index in [0.29, 0.717) is 5.91 Å². The Labute approximate surface area is 147 Å². The molecule has 0 radical (unpaired) electrons. The van der Waals surface area contributed by atoms with Crippen molar-refractivity contribution >= 4 is 34.4 Å². The average Bonchev–Trinajstić information content (AvgIpc) is 2.68. The summed E-state index contributed by atoms with van der Waals surface area (Å²) in [6.07, 6.45) is 1.88. The third kappa shape index (κ3) is 3.22. The maximum atomic E-state index is 12.7. The first-order valence-corrected chi connectivity index (χ1v) is 9.94. The van der Waals surface area contributed by atoms with Crippen molar-refractivity contribution in [3.05, 3.63) is 36.4 Å². The number of fused-ring (bicyclic) bond motifs is 1. The number of anilines is 1. The summed E-state index contributed by atoms with van der Waals surface area (Å²) in [5.41, 5.74) is 1.04. The predicted molar refractivity (Wildman–Crippen MR) is 101 cm³/mol. The van der Waals surface area contributed by atoms with Gasteiger partial charge in [-0.25, -0.2) is 4.98 Å². The number of rotatable bonds is 2. The van der Waals surface area contributed by atoms with E-state index in [1.54, 1.807) is 0 Å². The summed E-state index contributed by atoms with van der Waals surface area (Å²) in [6.45, 7) is 3.70. The summed E-state index contributed by atoms with van der Waals surface area (Å²) >= 11 is 1.95. The summed E-state index contributed by atoms with van der Waals surface area (Å²) in [7, 11) is 0. The van der Waals surface area contributed by atoms with Crippen molar-refractivity contribution in [1.82, 2.24) is 9.88 Å². The van der Waals surface area contributed by atoms with Gasteiger partial charge in [0.05, 0.1) is 5.52 Å². The van der Waals surface area contributed by atoms with E-state index in [9.17, 15) is 4.79 Å². The number of hydrogen-bond donors (Lipinski definition) is 0. The molecule has 0 aliphatic carbocycles. The number of carbonyl (C=O) groups is 1. The topological polar surface area (TPSA) is 36.4 Å². The van der Waals surface area contributed by atoms with Crippen LogP contribution in [0.25, 0.3) is 10.9 Å². The lowest BCUT2D eigenvalue weighted by Crippen LogP contribution is -2.45. The Kier molecular flexibility index (Phi) is 4.60. The lowest BCUT2D eigenvalue weighted by atomic mass is 9.95. The SMILES string of the molecule is O=C(C1CCN(c2ccc3ccccc3n2)CC1)N1CCSCC1. The number of benzene rings is 1. The first-order chi connectivity index (χ1) is 11.8. The van der Waals surface area contributed by atoms with E-state index in [4.69, 9.17) is 4.98 Å². The smallest absolute Gasteiger partial charge is 0.225 e. The normalized spacial score (nSPS) is 19.7. The highest BCUT2D eigenvalue weighted by molar-refractivity contribution is 7.99. The molecule has 2 aliphatic heterocycles. The fourth-order valence-electron chi connectivity index (χ4n) is 3.63. The predicted octanol–water partition coefficient (Wildman–Crippen LogP) is 3.03. The van der Waals surface area contributed by atoms with Crippen molar-refractivity contribution in [3.63, 3.8) is 0 Å². The number of para-hydroxylation sites is 1. The van der Waals surface area contributed by atoms with Gasteiger partial charge in [-0.2, -0.15) is 11.8 Å². The Hall–Kier alpha value is -1.75. The van der Waals surface area contributed by atoms with E-state index in [1.807, 2.05) is 23.9 Å². The Morgan fingerprint density at radius 3 is 2.54 bits per heavy atom. The molecule has 24 heavy (non-hydrogen) atoms. The van der Waals surface area contributed by atoms with Crippen LogP contribution >= 0.6 is 11.8 Å². The van der Waals surface area contributed by atoms with Gasteiger partial charge in [-0.05, 0) is 31.0 Å². The number of thioether (sulfide) groups is 1. The minimum Gasteiger partial charge on any atom is -0.357 e. The molecule has 1 aromatic heterocycles. The Morgan fingerprint density at radius 1 is 1.00 bits per heavy atom.